The summed E-state index contributed by atoms with van der Waals surface area (Å²) >= 11 is 1.37. The highest BCUT2D eigenvalue weighted by atomic mass is 32.1. The molecule has 0 saturated heterocycles. The minimum Gasteiger partial charge on any atom is -0.493 e. The summed E-state index contributed by atoms with van der Waals surface area (Å²) in [6.45, 7) is 6.54. The molecular weight excluding hydrogens is 463 g/mol. The van der Waals surface area contributed by atoms with Crippen molar-refractivity contribution in [1.82, 2.24) is 14.9 Å². The first-order valence-electron chi connectivity index (χ1n) is 11.8. The first kappa shape index (κ1) is 23.4. The molecule has 0 bridgehead atoms. The van der Waals surface area contributed by atoms with Gasteiger partial charge in [0.05, 0.1) is 29.7 Å². The Morgan fingerprint density at radius 1 is 1.23 bits per heavy atom. The van der Waals surface area contributed by atoms with Crippen LogP contribution in [0.5, 0.6) is 5.75 Å². The average molecular weight is 493 g/mol. The summed E-state index contributed by atoms with van der Waals surface area (Å²) in [4.78, 5) is 16.7. The molecule has 1 atom stereocenters. The standard InChI is InChI=1S/C27H29FN4O2S/c1-15(2)24-25(26(33)29-19-13-14-34-21-12-7-6-9-17(19)21)35-27-22(16(3)30-32(24)27)18-10-8-11-20(23(18)28)31(4)5/h6-12,15,19H,13-14H2,1-5H3,(H,29,33)/t19-/m0/s1. The van der Waals surface area contributed by atoms with Gasteiger partial charge in [0.1, 0.15) is 15.5 Å². The Hall–Kier alpha value is -3.39. The Morgan fingerprint density at radius 2 is 2.00 bits per heavy atom. The molecule has 0 saturated carbocycles. The van der Waals surface area contributed by atoms with Gasteiger partial charge in [-0.2, -0.15) is 5.10 Å². The van der Waals surface area contributed by atoms with Crippen molar-refractivity contribution >= 4 is 27.8 Å². The van der Waals surface area contributed by atoms with Gasteiger partial charge in [0.15, 0.2) is 5.82 Å². The van der Waals surface area contributed by atoms with Crippen LogP contribution in [0.25, 0.3) is 16.0 Å². The number of halogens is 1. The van der Waals surface area contributed by atoms with Gasteiger partial charge in [-0.25, -0.2) is 8.91 Å². The number of aryl methyl sites for hydroxylation is 1. The normalized spacial score (nSPS) is 15.2. The fraction of sp³-hybridized carbons (Fsp3) is 0.333. The molecule has 4 aromatic rings. The maximum atomic E-state index is 15.5. The number of anilines is 1. The summed E-state index contributed by atoms with van der Waals surface area (Å²) in [6, 6.07) is 13.1. The Morgan fingerprint density at radius 3 is 2.74 bits per heavy atom. The molecule has 1 amide bonds. The molecule has 2 aromatic carbocycles. The average Bonchev–Trinajstić information content (AvgIpc) is 3.34. The van der Waals surface area contributed by atoms with Crippen LogP contribution < -0.4 is 15.0 Å². The van der Waals surface area contributed by atoms with E-state index in [-0.39, 0.29) is 23.7 Å². The molecule has 0 unspecified atom stereocenters. The van der Waals surface area contributed by atoms with Gasteiger partial charge >= 0.3 is 0 Å². The Kier molecular flexibility index (Phi) is 6.01. The van der Waals surface area contributed by atoms with Crippen molar-refractivity contribution in [3.8, 4) is 16.9 Å². The number of aromatic nitrogens is 2. The molecule has 1 aliphatic rings. The van der Waals surface area contributed by atoms with Gasteiger partial charge in [0, 0.05) is 37.2 Å². The highest BCUT2D eigenvalue weighted by molar-refractivity contribution is 7.20. The van der Waals surface area contributed by atoms with Crippen LogP contribution in [-0.4, -0.2) is 36.2 Å². The molecule has 0 aliphatic carbocycles. The SMILES string of the molecule is Cc1nn2c(C(C)C)c(C(=O)N[C@H]3CCOc4ccccc43)sc2c1-c1cccc(N(C)C)c1F. The predicted molar refractivity (Wildman–Crippen MR) is 138 cm³/mol. The van der Waals surface area contributed by atoms with E-state index >= 15 is 4.39 Å². The van der Waals surface area contributed by atoms with Gasteiger partial charge in [-0.1, -0.05) is 44.2 Å². The van der Waals surface area contributed by atoms with E-state index in [2.05, 4.69) is 5.32 Å². The number of carbonyl (C=O) groups excluding carboxylic acids is 1. The second-order valence-corrected chi connectivity index (χ2v) is 10.4. The number of carbonyl (C=O) groups is 1. The maximum Gasteiger partial charge on any atom is 0.263 e. The van der Waals surface area contributed by atoms with E-state index < -0.39 is 0 Å². The highest BCUT2D eigenvalue weighted by Crippen LogP contribution is 2.40. The zero-order chi connectivity index (χ0) is 24.9. The van der Waals surface area contributed by atoms with E-state index in [1.165, 1.54) is 11.3 Å². The van der Waals surface area contributed by atoms with Crippen LogP contribution in [0, 0.1) is 12.7 Å². The molecule has 0 spiro atoms. The molecule has 182 valence electrons. The van der Waals surface area contributed by atoms with E-state index in [0.717, 1.165) is 33.1 Å². The Labute approximate surface area is 208 Å². The topological polar surface area (TPSA) is 58.9 Å². The molecule has 35 heavy (non-hydrogen) atoms. The number of ether oxygens (including phenoxy) is 1. The van der Waals surface area contributed by atoms with Crippen LogP contribution in [0.1, 0.15) is 58.9 Å². The first-order valence-corrected chi connectivity index (χ1v) is 12.6. The lowest BCUT2D eigenvalue weighted by atomic mass is 10.0. The number of benzene rings is 2. The first-order chi connectivity index (χ1) is 16.8. The summed E-state index contributed by atoms with van der Waals surface area (Å²) in [7, 11) is 3.64. The van der Waals surface area contributed by atoms with E-state index in [4.69, 9.17) is 9.84 Å². The number of amides is 1. The van der Waals surface area contributed by atoms with Crippen molar-refractivity contribution in [2.45, 2.75) is 39.2 Å². The molecule has 3 heterocycles. The number of rotatable bonds is 5. The Bertz CT molecular complexity index is 1420. The summed E-state index contributed by atoms with van der Waals surface area (Å²) in [5.74, 6) is 0.427. The molecule has 0 radical (unpaired) electrons. The second-order valence-electron chi connectivity index (χ2n) is 9.38. The fourth-order valence-electron chi connectivity index (χ4n) is 4.76. The zero-order valence-electron chi connectivity index (χ0n) is 20.6. The number of thiazole rings is 1. The third kappa shape index (κ3) is 3.95. The minimum absolute atomic E-state index is 0.0524. The number of nitrogens with one attached hydrogen (secondary N) is 1. The summed E-state index contributed by atoms with van der Waals surface area (Å²) in [5.41, 5.74) is 4.29. The van der Waals surface area contributed by atoms with Crippen LogP contribution in [-0.2, 0) is 0 Å². The van der Waals surface area contributed by atoms with Crippen molar-refractivity contribution in [1.29, 1.82) is 0 Å². The quantitative estimate of drug-likeness (QED) is 0.374. The lowest BCUT2D eigenvalue weighted by molar-refractivity contribution is 0.0927. The van der Waals surface area contributed by atoms with Crippen LogP contribution in [0.4, 0.5) is 10.1 Å². The van der Waals surface area contributed by atoms with Crippen molar-refractivity contribution in [3.05, 3.63) is 70.1 Å². The molecule has 1 N–H and O–H groups in total. The van der Waals surface area contributed by atoms with Crippen LogP contribution in [0.3, 0.4) is 0 Å². The van der Waals surface area contributed by atoms with Crippen LogP contribution in [0.2, 0.25) is 0 Å². The zero-order valence-corrected chi connectivity index (χ0v) is 21.4. The monoisotopic (exact) mass is 492 g/mol. The number of para-hydroxylation sites is 1. The predicted octanol–water partition coefficient (Wildman–Crippen LogP) is 5.95. The molecular formula is C27H29FN4O2S. The summed E-state index contributed by atoms with van der Waals surface area (Å²) in [5, 5.41) is 7.98. The van der Waals surface area contributed by atoms with Gasteiger partial charge in [-0.15, -0.1) is 11.3 Å². The number of fused-ring (bicyclic) bond motifs is 2. The second kappa shape index (κ2) is 9.00. The molecule has 2 aromatic heterocycles. The highest BCUT2D eigenvalue weighted by Gasteiger charge is 2.29. The molecule has 8 heteroatoms. The van der Waals surface area contributed by atoms with Crippen LogP contribution in [0.15, 0.2) is 42.5 Å². The van der Waals surface area contributed by atoms with E-state index in [1.807, 2.05) is 69.7 Å². The third-order valence-corrected chi connectivity index (χ3v) is 7.59. The number of nitrogens with zero attached hydrogens (tertiary/aromatic N) is 3. The van der Waals surface area contributed by atoms with Crippen molar-refractivity contribution in [2.24, 2.45) is 0 Å². The summed E-state index contributed by atoms with van der Waals surface area (Å²) in [6.07, 6.45) is 0.704. The number of hydrogen-bond acceptors (Lipinski definition) is 5. The van der Waals surface area contributed by atoms with Gasteiger partial charge in [0.2, 0.25) is 0 Å². The third-order valence-electron chi connectivity index (χ3n) is 6.42. The van der Waals surface area contributed by atoms with Crippen LogP contribution >= 0.6 is 11.3 Å². The van der Waals surface area contributed by atoms with Crippen molar-refractivity contribution in [3.63, 3.8) is 0 Å². The number of hydrogen-bond donors (Lipinski definition) is 1. The fourth-order valence-corrected chi connectivity index (χ4v) is 6.12. The van der Waals surface area contributed by atoms with Crippen molar-refractivity contribution < 1.29 is 13.9 Å². The smallest absolute Gasteiger partial charge is 0.263 e. The molecule has 6 nitrogen and oxygen atoms in total. The maximum absolute atomic E-state index is 15.5. The van der Waals surface area contributed by atoms with E-state index in [9.17, 15) is 4.79 Å². The lowest BCUT2D eigenvalue weighted by Crippen LogP contribution is -2.32. The lowest BCUT2D eigenvalue weighted by Gasteiger charge is -2.26. The van der Waals surface area contributed by atoms with Gasteiger partial charge in [-0.05, 0) is 25.0 Å². The minimum atomic E-state index is -0.292. The van der Waals surface area contributed by atoms with Gasteiger partial charge < -0.3 is 15.0 Å². The van der Waals surface area contributed by atoms with E-state index in [0.29, 0.717) is 29.2 Å². The van der Waals surface area contributed by atoms with Gasteiger partial charge in [-0.3, -0.25) is 4.79 Å². The molecule has 0 fully saturated rings. The molecule has 5 rings (SSSR count). The largest absolute Gasteiger partial charge is 0.493 e. The molecule has 1 aliphatic heterocycles. The van der Waals surface area contributed by atoms with Gasteiger partial charge in [0.25, 0.3) is 5.91 Å². The van der Waals surface area contributed by atoms with Crippen molar-refractivity contribution in [2.75, 3.05) is 25.6 Å². The summed E-state index contributed by atoms with van der Waals surface area (Å²) < 4.78 is 23.1. The Balaban J connectivity index is 1.60. The van der Waals surface area contributed by atoms with E-state index in [1.54, 1.807) is 17.0 Å².